The van der Waals surface area contributed by atoms with Crippen molar-refractivity contribution in [2.45, 2.75) is 25.7 Å². The van der Waals surface area contributed by atoms with Crippen molar-refractivity contribution < 1.29 is 13.6 Å². The van der Waals surface area contributed by atoms with Gasteiger partial charge in [0.1, 0.15) is 5.82 Å². The molecule has 1 aromatic heterocycles. The molecule has 2 heterocycles. The van der Waals surface area contributed by atoms with E-state index in [0.717, 1.165) is 24.0 Å². The molecule has 6 heteroatoms. The minimum Gasteiger partial charge on any atom is -0.425 e. The lowest BCUT2D eigenvalue weighted by Crippen LogP contribution is -2.38. The summed E-state index contributed by atoms with van der Waals surface area (Å²) < 4.78 is 19.9. The molecule has 0 N–H and O–H groups in total. The van der Waals surface area contributed by atoms with E-state index in [9.17, 15) is 9.18 Å². The minimum absolute atomic E-state index is 0.114. The van der Waals surface area contributed by atoms with Crippen molar-refractivity contribution in [3.8, 4) is 11.1 Å². The average molecular weight is 365 g/mol. The molecule has 0 atom stereocenters. The molecule has 1 aliphatic rings. The number of aromatic nitrogens is 2. The lowest BCUT2D eigenvalue weighted by Gasteiger charge is -2.30. The first-order valence-electron chi connectivity index (χ1n) is 9.06. The van der Waals surface area contributed by atoms with E-state index in [1.807, 2.05) is 30.3 Å². The molecule has 2 aromatic carbocycles. The Labute approximate surface area is 156 Å². The fourth-order valence-electron chi connectivity index (χ4n) is 3.48. The maximum Gasteiger partial charge on any atom is 0.256 e. The van der Waals surface area contributed by atoms with Crippen LogP contribution in [0.25, 0.3) is 11.1 Å². The molecule has 3 aromatic rings. The first-order valence-corrected chi connectivity index (χ1v) is 9.06. The quantitative estimate of drug-likeness (QED) is 0.698. The summed E-state index contributed by atoms with van der Waals surface area (Å²) in [5.74, 6) is 0.552. The highest BCUT2D eigenvalue weighted by Crippen LogP contribution is 2.29. The number of nitrogens with zero attached hydrogens (tertiary/aromatic N) is 3. The number of carbonyl (C=O) groups excluding carboxylic acids is 1. The van der Waals surface area contributed by atoms with Crippen molar-refractivity contribution in [1.29, 1.82) is 0 Å². The second-order valence-electron chi connectivity index (χ2n) is 6.79. The molecule has 0 spiro atoms. The zero-order chi connectivity index (χ0) is 18.8. The summed E-state index contributed by atoms with van der Waals surface area (Å²) in [6.07, 6.45) is 1.46. The number of piperidine rings is 1. The van der Waals surface area contributed by atoms with Crippen LogP contribution in [0.5, 0.6) is 0 Å². The lowest BCUT2D eigenvalue weighted by atomic mass is 9.95. The largest absolute Gasteiger partial charge is 0.425 e. The third-order valence-corrected chi connectivity index (χ3v) is 4.98. The van der Waals surface area contributed by atoms with Gasteiger partial charge in [-0.2, -0.15) is 0 Å². The van der Waals surface area contributed by atoms with Gasteiger partial charge in [0.25, 0.3) is 5.91 Å². The number of rotatable bonds is 3. The molecule has 1 amide bonds. The normalized spacial score (nSPS) is 15.1. The molecule has 138 valence electrons. The first-order chi connectivity index (χ1) is 13.1. The summed E-state index contributed by atoms with van der Waals surface area (Å²) in [6.45, 7) is 2.84. The van der Waals surface area contributed by atoms with Crippen molar-refractivity contribution in [1.82, 2.24) is 15.1 Å². The monoisotopic (exact) mass is 365 g/mol. The van der Waals surface area contributed by atoms with Crippen LogP contribution in [-0.2, 0) is 0 Å². The summed E-state index contributed by atoms with van der Waals surface area (Å²) in [7, 11) is 0. The second-order valence-corrected chi connectivity index (χ2v) is 6.79. The first kappa shape index (κ1) is 17.4. The predicted octanol–water partition coefficient (Wildman–Crippen LogP) is 4.20. The maximum absolute atomic E-state index is 14.4. The SMILES string of the molecule is Cc1nnc(C2CCN(C(=O)c3cc(-c4ccccc4)ccc3F)CC2)o1. The number of benzene rings is 2. The van der Waals surface area contributed by atoms with Crippen LogP contribution in [0.2, 0.25) is 0 Å². The Hall–Kier alpha value is -3.02. The van der Waals surface area contributed by atoms with E-state index in [1.165, 1.54) is 6.07 Å². The van der Waals surface area contributed by atoms with Crippen LogP contribution in [-0.4, -0.2) is 34.1 Å². The Kier molecular flexibility index (Phi) is 4.71. The highest BCUT2D eigenvalue weighted by Gasteiger charge is 2.28. The number of likely N-dealkylation sites (tertiary alicyclic amines) is 1. The van der Waals surface area contributed by atoms with Gasteiger partial charge < -0.3 is 9.32 Å². The van der Waals surface area contributed by atoms with Gasteiger partial charge in [-0.25, -0.2) is 4.39 Å². The van der Waals surface area contributed by atoms with Crippen LogP contribution in [0, 0.1) is 12.7 Å². The van der Waals surface area contributed by atoms with Gasteiger partial charge in [-0.05, 0) is 36.1 Å². The van der Waals surface area contributed by atoms with E-state index in [1.54, 1.807) is 24.0 Å². The van der Waals surface area contributed by atoms with E-state index in [2.05, 4.69) is 10.2 Å². The minimum atomic E-state index is -0.491. The Morgan fingerprint density at radius 1 is 1.07 bits per heavy atom. The molecule has 5 nitrogen and oxygen atoms in total. The van der Waals surface area contributed by atoms with Gasteiger partial charge in [0, 0.05) is 25.9 Å². The van der Waals surface area contributed by atoms with Gasteiger partial charge in [0.2, 0.25) is 11.8 Å². The van der Waals surface area contributed by atoms with Crippen molar-refractivity contribution in [3.05, 3.63) is 71.7 Å². The topological polar surface area (TPSA) is 59.2 Å². The number of amides is 1. The Balaban J connectivity index is 1.50. The van der Waals surface area contributed by atoms with Crippen LogP contribution in [0.4, 0.5) is 4.39 Å². The fraction of sp³-hybridized carbons (Fsp3) is 0.286. The molecule has 0 aliphatic carbocycles. The summed E-state index contributed by atoms with van der Waals surface area (Å²) >= 11 is 0. The summed E-state index contributed by atoms with van der Waals surface area (Å²) in [6, 6.07) is 14.4. The summed E-state index contributed by atoms with van der Waals surface area (Å²) in [4.78, 5) is 14.6. The van der Waals surface area contributed by atoms with Crippen molar-refractivity contribution in [2.24, 2.45) is 0 Å². The van der Waals surface area contributed by atoms with Crippen molar-refractivity contribution in [2.75, 3.05) is 13.1 Å². The van der Waals surface area contributed by atoms with Gasteiger partial charge in [0.15, 0.2) is 0 Å². The van der Waals surface area contributed by atoms with Crippen LogP contribution < -0.4 is 0 Å². The Morgan fingerprint density at radius 2 is 1.81 bits per heavy atom. The third-order valence-electron chi connectivity index (χ3n) is 4.98. The Bertz CT molecular complexity index is 947. The molecule has 1 saturated heterocycles. The fourth-order valence-corrected chi connectivity index (χ4v) is 3.48. The van der Waals surface area contributed by atoms with E-state index < -0.39 is 5.82 Å². The van der Waals surface area contributed by atoms with E-state index >= 15 is 0 Å². The number of aryl methyl sites for hydroxylation is 1. The molecule has 0 unspecified atom stereocenters. The van der Waals surface area contributed by atoms with Gasteiger partial charge in [0.05, 0.1) is 5.56 Å². The number of halogens is 1. The van der Waals surface area contributed by atoms with Crippen LogP contribution in [0.3, 0.4) is 0 Å². The van der Waals surface area contributed by atoms with Gasteiger partial charge in [-0.15, -0.1) is 10.2 Å². The predicted molar refractivity (Wildman–Crippen MR) is 98.7 cm³/mol. The van der Waals surface area contributed by atoms with Crippen LogP contribution in [0.15, 0.2) is 52.9 Å². The van der Waals surface area contributed by atoms with Crippen LogP contribution in [0.1, 0.15) is 40.9 Å². The molecule has 1 aliphatic heterocycles. The van der Waals surface area contributed by atoms with E-state index in [0.29, 0.717) is 24.9 Å². The lowest BCUT2D eigenvalue weighted by molar-refractivity contribution is 0.0701. The molecule has 0 radical (unpaired) electrons. The second kappa shape index (κ2) is 7.31. The zero-order valence-corrected chi connectivity index (χ0v) is 15.1. The Morgan fingerprint density at radius 3 is 2.48 bits per heavy atom. The van der Waals surface area contributed by atoms with Gasteiger partial charge >= 0.3 is 0 Å². The average Bonchev–Trinajstić information content (AvgIpc) is 3.15. The smallest absolute Gasteiger partial charge is 0.256 e. The van der Waals surface area contributed by atoms with Crippen molar-refractivity contribution in [3.63, 3.8) is 0 Å². The van der Waals surface area contributed by atoms with Crippen LogP contribution >= 0.6 is 0 Å². The highest BCUT2D eigenvalue weighted by molar-refractivity contribution is 5.95. The molecule has 1 fully saturated rings. The summed E-state index contributed by atoms with van der Waals surface area (Å²) in [5.41, 5.74) is 1.90. The molecular weight excluding hydrogens is 345 g/mol. The van der Waals surface area contributed by atoms with Gasteiger partial charge in [-0.3, -0.25) is 4.79 Å². The highest BCUT2D eigenvalue weighted by atomic mass is 19.1. The molecule has 0 saturated carbocycles. The van der Waals surface area contributed by atoms with Gasteiger partial charge in [-0.1, -0.05) is 36.4 Å². The summed E-state index contributed by atoms with van der Waals surface area (Å²) in [5, 5.41) is 7.94. The van der Waals surface area contributed by atoms with Crippen molar-refractivity contribution >= 4 is 5.91 Å². The number of hydrogen-bond acceptors (Lipinski definition) is 4. The number of carbonyl (C=O) groups is 1. The van der Waals surface area contributed by atoms with E-state index in [4.69, 9.17) is 4.42 Å². The molecule has 0 bridgehead atoms. The van der Waals surface area contributed by atoms with E-state index in [-0.39, 0.29) is 17.4 Å². The standard InChI is InChI=1S/C21H20FN3O2/c1-14-23-24-20(27-14)16-9-11-25(12-10-16)21(26)18-13-17(7-8-19(18)22)15-5-3-2-4-6-15/h2-8,13,16H,9-12H2,1H3. The third kappa shape index (κ3) is 3.60. The molecule has 27 heavy (non-hydrogen) atoms. The zero-order valence-electron chi connectivity index (χ0n) is 15.1. The maximum atomic E-state index is 14.4. The molecular formula is C21H20FN3O2. The molecule has 4 rings (SSSR count). The number of hydrogen-bond donors (Lipinski definition) is 0.